The van der Waals surface area contributed by atoms with Gasteiger partial charge in [0, 0.05) is 10.3 Å². The maximum absolute atomic E-state index is 9.90. The zero-order valence-corrected chi connectivity index (χ0v) is 6.88. The van der Waals surface area contributed by atoms with E-state index >= 15 is 0 Å². The number of aliphatic carboxylic acids is 1. The SMILES string of the molecule is C[C@H](I)CCC(=O)O. The van der Waals surface area contributed by atoms with Crippen LogP contribution >= 0.6 is 22.6 Å². The summed E-state index contributed by atoms with van der Waals surface area (Å²) in [5.74, 6) is -0.700. The second kappa shape index (κ2) is 4.12. The Hall–Kier alpha value is 0.200. The first kappa shape index (κ1) is 8.20. The Balaban J connectivity index is 3.05. The van der Waals surface area contributed by atoms with E-state index in [1.807, 2.05) is 6.92 Å². The molecule has 1 N–H and O–H groups in total. The van der Waals surface area contributed by atoms with Crippen molar-refractivity contribution in [3.63, 3.8) is 0 Å². The number of halogens is 1. The molecule has 0 aliphatic heterocycles. The molecule has 0 fully saturated rings. The molecule has 48 valence electrons. The molecule has 0 aromatic heterocycles. The highest BCUT2D eigenvalue weighted by Gasteiger charge is 1.99. The minimum atomic E-state index is -0.700. The van der Waals surface area contributed by atoms with Gasteiger partial charge in [-0.15, -0.1) is 0 Å². The van der Waals surface area contributed by atoms with Crippen molar-refractivity contribution in [2.75, 3.05) is 0 Å². The quantitative estimate of drug-likeness (QED) is 0.589. The summed E-state index contributed by atoms with van der Waals surface area (Å²) in [6.07, 6.45) is 1.07. The number of hydrogen-bond donors (Lipinski definition) is 1. The number of carboxylic acids is 1. The molecule has 0 spiro atoms. The molecular weight excluding hydrogens is 219 g/mol. The molecule has 0 aliphatic rings. The van der Waals surface area contributed by atoms with Gasteiger partial charge in [0.05, 0.1) is 0 Å². The van der Waals surface area contributed by atoms with E-state index in [1.54, 1.807) is 0 Å². The monoisotopic (exact) mass is 228 g/mol. The zero-order valence-electron chi connectivity index (χ0n) is 4.72. The third-order valence-corrected chi connectivity index (χ3v) is 1.38. The minimum Gasteiger partial charge on any atom is -0.481 e. The van der Waals surface area contributed by atoms with E-state index in [-0.39, 0.29) is 0 Å². The highest BCUT2D eigenvalue weighted by molar-refractivity contribution is 14.1. The molecule has 0 saturated carbocycles. The lowest BCUT2D eigenvalue weighted by Gasteiger charge is -1.95. The molecule has 0 saturated heterocycles. The van der Waals surface area contributed by atoms with Crippen LogP contribution in [-0.2, 0) is 4.79 Å². The Kier molecular flexibility index (Phi) is 4.22. The van der Waals surface area contributed by atoms with E-state index in [1.165, 1.54) is 0 Å². The Morgan fingerprint density at radius 1 is 1.88 bits per heavy atom. The predicted octanol–water partition coefficient (Wildman–Crippen LogP) is 1.67. The number of carbonyl (C=O) groups is 1. The van der Waals surface area contributed by atoms with Crippen molar-refractivity contribution in [3.8, 4) is 0 Å². The predicted molar refractivity (Wildman–Crippen MR) is 40.4 cm³/mol. The lowest BCUT2D eigenvalue weighted by Crippen LogP contribution is -1.98. The average Bonchev–Trinajstić information content (AvgIpc) is 1.61. The molecule has 2 nitrogen and oxygen atoms in total. The fraction of sp³-hybridized carbons (Fsp3) is 0.800. The fourth-order valence-electron chi connectivity index (χ4n) is 0.322. The van der Waals surface area contributed by atoms with Gasteiger partial charge in [0.1, 0.15) is 0 Å². The van der Waals surface area contributed by atoms with Crippen molar-refractivity contribution in [2.24, 2.45) is 0 Å². The van der Waals surface area contributed by atoms with Gasteiger partial charge in [-0.25, -0.2) is 0 Å². The number of alkyl halides is 1. The second-order valence-electron chi connectivity index (χ2n) is 1.71. The van der Waals surface area contributed by atoms with Crippen molar-refractivity contribution in [1.82, 2.24) is 0 Å². The molecular formula is C5H9IO2. The zero-order chi connectivity index (χ0) is 6.57. The summed E-state index contributed by atoms with van der Waals surface area (Å²) < 4.78 is 0.476. The standard InChI is InChI=1S/C5H9IO2/c1-4(6)2-3-5(7)8/h4H,2-3H2,1H3,(H,7,8)/t4-/m0/s1. The molecule has 1 atom stereocenters. The summed E-state index contributed by atoms with van der Waals surface area (Å²) >= 11 is 2.21. The van der Waals surface area contributed by atoms with Crippen LogP contribution in [0.2, 0.25) is 0 Å². The molecule has 0 aromatic rings. The molecule has 0 aliphatic carbocycles. The molecule has 0 amide bonds. The van der Waals surface area contributed by atoms with Gasteiger partial charge < -0.3 is 5.11 Å². The molecule has 8 heavy (non-hydrogen) atoms. The van der Waals surface area contributed by atoms with E-state index in [9.17, 15) is 4.79 Å². The van der Waals surface area contributed by atoms with Crippen LogP contribution in [0.5, 0.6) is 0 Å². The smallest absolute Gasteiger partial charge is 0.303 e. The Labute approximate surface area is 62.4 Å². The highest BCUT2D eigenvalue weighted by atomic mass is 127. The van der Waals surface area contributed by atoms with E-state index < -0.39 is 5.97 Å². The van der Waals surface area contributed by atoms with Crippen LogP contribution in [0.1, 0.15) is 19.8 Å². The first-order chi connectivity index (χ1) is 3.63. The largest absolute Gasteiger partial charge is 0.481 e. The Bertz CT molecular complexity index is 80.5. The van der Waals surface area contributed by atoms with Gasteiger partial charge in [-0.3, -0.25) is 4.79 Å². The first-order valence-corrected chi connectivity index (χ1v) is 3.73. The third-order valence-electron chi connectivity index (χ3n) is 0.756. The van der Waals surface area contributed by atoms with Gasteiger partial charge >= 0.3 is 5.97 Å². The van der Waals surface area contributed by atoms with E-state index in [0.717, 1.165) is 6.42 Å². The van der Waals surface area contributed by atoms with Crippen LogP contribution < -0.4 is 0 Å². The Morgan fingerprint density at radius 3 is 2.50 bits per heavy atom. The fourth-order valence-corrected chi connectivity index (χ4v) is 0.634. The van der Waals surface area contributed by atoms with Crippen molar-refractivity contribution >= 4 is 28.6 Å². The summed E-state index contributed by atoms with van der Waals surface area (Å²) in [7, 11) is 0. The van der Waals surface area contributed by atoms with Crippen LogP contribution in [0.25, 0.3) is 0 Å². The molecule has 0 heterocycles. The molecule has 0 unspecified atom stereocenters. The van der Waals surface area contributed by atoms with Crippen molar-refractivity contribution < 1.29 is 9.90 Å². The lowest BCUT2D eigenvalue weighted by atomic mass is 10.3. The molecule has 0 radical (unpaired) electrons. The summed E-state index contributed by atoms with van der Waals surface area (Å²) in [5, 5.41) is 8.16. The van der Waals surface area contributed by atoms with Crippen LogP contribution in [0.3, 0.4) is 0 Å². The van der Waals surface area contributed by atoms with Crippen molar-refractivity contribution in [3.05, 3.63) is 0 Å². The van der Waals surface area contributed by atoms with Crippen LogP contribution in [-0.4, -0.2) is 15.0 Å². The summed E-state index contributed by atoms with van der Waals surface area (Å²) in [6, 6.07) is 0. The normalized spacial score (nSPS) is 13.2. The number of rotatable bonds is 3. The lowest BCUT2D eigenvalue weighted by molar-refractivity contribution is -0.137. The molecule has 0 rings (SSSR count). The van der Waals surface area contributed by atoms with Gasteiger partial charge in [-0.2, -0.15) is 0 Å². The average molecular weight is 228 g/mol. The first-order valence-electron chi connectivity index (χ1n) is 2.49. The topological polar surface area (TPSA) is 37.3 Å². The molecule has 0 bridgehead atoms. The van der Waals surface area contributed by atoms with E-state index in [0.29, 0.717) is 10.3 Å². The molecule has 0 aromatic carbocycles. The minimum absolute atomic E-state index is 0.296. The van der Waals surface area contributed by atoms with E-state index in [2.05, 4.69) is 22.6 Å². The summed E-state index contributed by atoms with van der Waals surface area (Å²) in [5.41, 5.74) is 0. The van der Waals surface area contributed by atoms with Gasteiger partial charge in [-0.1, -0.05) is 29.5 Å². The summed E-state index contributed by atoms with van der Waals surface area (Å²) in [4.78, 5) is 9.90. The molecule has 3 heteroatoms. The summed E-state index contributed by atoms with van der Waals surface area (Å²) in [6.45, 7) is 2.00. The third kappa shape index (κ3) is 6.20. The maximum Gasteiger partial charge on any atom is 0.303 e. The van der Waals surface area contributed by atoms with Crippen LogP contribution in [0, 0.1) is 0 Å². The Morgan fingerprint density at radius 2 is 2.38 bits per heavy atom. The maximum atomic E-state index is 9.90. The van der Waals surface area contributed by atoms with Gasteiger partial charge in [0.2, 0.25) is 0 Å². The number of carboxylic acid groups (broad SMARTS) is 1. The van der Waals surface area contributed by atoms with Crippen LogP contribution in [0.15, 0.2) is 0 Å². The second-order valence-corrected chi connectivity index (χ2v) is 3.84. The van der Waals surface area contributed by atoms with Gasteiger partial charge in [0.25, 0.3) is 0 Å². The van der Waals surface area contributed by atoms with Gasteiger partial charge in [-0.05, 0) is 6.42 Å². The number of hydrogen-bond acceptors (Lipinski definition) is 1. The van der Waals surface area contributed by atoms with Gasteiger partial charge in [0.15, 0.2) is 0 Å². The van der Waals surface area contributed by atoms with Crippen molar-refractivity contribution in [1.29, 1.82) is 0 Å². The van der Waals surface area contributed by atoms with Crippen LogP contribution in [0.4, 0.5) is 0 Å². The van der Waals surface area contributed by atoms with E-state index in [4.69, 9.17) is 5.11 Å². The van der Waals surface area contributed by atoms with Crippen molar-refractivity contribution in [2.45, 2.75) is 23.7 Å². The highest BCUT2D eigenvalue weighted by Crippen LogP contribution is 2.05.